The van der Waals surface area contributed by atoms with E-state index >= 15 is 0 Å². The second kappa shape index (κ2) is 9.92. The van der Waals surface area contributed by atoms with Crippen molar-refractivity contribution in [2.45, 2.75) is 43.6 Å². The lowest BCUT2D eigenvalue weighted by atomic mass is 10.0. The van der Waals surface area contributed by atoms with Crippen molar-refractivity contribution in [3.8, 4) is 11.5 Å². The maximum Gasteiger partial charge on any atom is 0.442 e. The lowest BCUT2D eigenvalue weighted by Gasteiger charge is -2.25. The number of rotatable bonds is 8. The van der Waals surface area contributed by atoms with Gasteiger partial charge in [0.2, 0.25) is 5.91 Å². The molecule has 2 saturated heterocycles. The fourth-order valence-electron chi connectivity index (χ4n) is 5.56. The highest BCUT2D eigenvalue weighted by atomic mass is 19.4. The van der Waals surface area contributed by atoms with Gasteiger partial charge in [-0.2, -0.15) is 13.2 Å². The molecule has 3 heterocycles. The number of nitrogens with zero attached hydrogens (tertiary/aromatic N) is 4. The molecule has 2 atom stereocenters. The molecule has 0 aromatic heterocycles. The number of benzene rings is 2. The summed E-state index contributed by atoms with van der Waals surface area (Å²) in [6.07, 6.45) is -2.08. The third-order valence-electron chi connectivity index (χ3n) is 7.71. The van der Waals surface area contributed by atoms with Gasteiger partial charge in [-0.05, 0) is 55.2 Å². The third kappa shape index (κ3) is 4.69. The summed E-state index contributed by atoms with van der Waals surface area (Å²) in [5.74, 6) is 1.49. The molecule has 0 N–H and O–H groups in total. The Labute approximate surface area is 218 Å². The SMILES string of the molecule is COc1ccc(OC)c(CCCC(=O)N2CC[C@H]3CN(C(=O)c4ccc(C5(C(F)(F)F)N=N5)cc4)C[C@H]32)c1. The molecule has 8 nitrogen and oxygen atoms in total. The van der Waals surface area contributed by atoms with Crippen molar-refractivity contribution in [2.24, 2.45) is 16.1 Å². The molecule has 0 bridgehead atoms. The quantitative estimate of drug-likeness (QED) is 0.500. The zero-order valence-electron chi connectivity index (χ0n) is 21.2. The van der Waals surface area contributed by atoms with Crippen molar-refractivity contribution in [1.82, 2.24) is 9.80 Å². The van der Waals surface area contributed by atoms with Crippen LogP contribution < -0.4 is 9.47 Å². The topological polar surface area (TPSA) is 83.8 Å². The summed E-state index contributed by atoms with van der Waals surface area (Å²) in [4.78, 5) is 29.8. The second-order valence-corrected chi connectivity index (χ2v) is 9.89. The van der Waals surface area contributed by atoms with Gasteiger partial charge in [-0.3, -0.25) is 9.59 Å². The van der Waals surface area contributed by atoms with E-state index in [4.69, 9.17) is 9.47 Å². The first-order chi connectivity index (χ1) is 18.2. The second-order valence-electron chi connectivity index (χ2n) is 9.89. The number of amides is 2. The van der Waals surface area contributed by atoms with Gasteiger partial charge in [-0.25, -0.2) is 0 Å². The molecule has 2 aromatic carbocycles. The smallest absolute Gasteiger partial charge is 0.442 e. The summed E-state index contributed by atoms with van der Waals surface area (Å²) in [5, 5.41) is 6.40. The van der Waals surface area contributed by atoms with E-state index in [-0.39, 0.29) is 29.3 Å². The summed E-state index contributed by atoms with van der Waals surface area (Å²) in [6, 6.07) is 10.8. The molecular formula is C27H29F3N4O4. The zero-order valence-corrected chi connectivity index (χ0v) is 21.2. The average Bonchev–Trinajstić information content (AvgIpc) is 3.50. The molecule has 3 aliphatic heterocycles. The van der Waals surface area contributed by atoms with Crippen molar-refractivity contribution in [1.29, 1.82) is 0 Å². The molecule has 0 spiro atoms. The number of fused-ring (bicyclic) bond motifs is 1. The minimum Gasteiger partial charge on any atom is -0.497 e. The highest BCUT2D eigenvalue weighted by Crippen LogP contribution is 2.52. The van der Waals surface area contributed by atoms with E-state index in [1.807, 2.05) is 23.1 Å². The van der Waals surface area contributed by atoms with Crippen LogP contribution in [0.15, 0.2) is 52.7 Å². The molecule has 2 amide bonds. The first kappa shape index (κ1) is 26.0. The van der Waals surface area contributed by atoms with Crippen LogP contribution >= 0.6 is 0 Å². The maximum atomic E-state index is 13.2. The van der Waals surface area contributed by atoms with Crippen LogP contribution in [0.4, 0.5) is 13.2 Å². The van der Waals surface area contributed by atoms with Crippen LogP contribution in [-0.4, -0.2) is 67.7 Å². The number of halogens is 3. The van der Waals surface area contributed by atoms with Gasteiger partial charge in [0.25, 0.3) is 5.91 Å². The van der Waals surface area contributed by atoms with Crippen LogP contribution in [0.2, 0.25) is 0 Å². The average molecular weight is 531 g/mol. The van der Waals surface area contributed by atoms with Crippen LogP contribution in [0.25, 0.3) is 0 Å². The molecule has 3 aliphatic rings. The van der Waals surface area contributed by atoms with Gasteiger partial charge < -0.3 is 19.3 Å². The Morgan fingerprint density at radius 2 is 1.79 bits per heavy atom. The summed E-state index contributed by atoms with van der Waals surface area (Å²) in [5.41, 5.74) is -1.33. The van der Waals surface area contributed by atoms with E-state index < -0.39 is 11.8 Å². The number of likely N-dealkylation sites (tertiary alicyclic amines) is 2. The molecule has 2 fully saturated rings. The summed E-state index contributed by atoms with van der Waals surface area (Å²) < 4.78 is 50.4. The normalized spacial score (nSPS) is 21.4. The van der Waals surface area contributed by atoms with E-state index in [2.05, 4.69) is 10.2 Å². The highest BCUT2D eigenvalue weighted by molar-refractivity contribution is 5.94. The Kier molecular flexibility index (Phi) is 6.79. The molecule has 38 heavy (non-hydrogen) atoms. The summed E-state index contributed by atoms with van der Waals surface area (Å²) >= 11 is 0. The number of ether oxygens (including phenoxy) is 2. The van der Waals surface area contributed by atoms with Gasteiger partial charge in [0.1, 0.15) is 11.5 Å². The van der Waals surface area contributed by atoms with E-state index in [0.29, 0.717) is 44.5 Å². The lowest BCUT2D eigenvalue weighted by molar-refractivity contribution is -0.166. The van der Waals surface area contributed by atoms with Gasteiger partial charge in [0, 0.05) is 43.1 Å². The largest absolute Gasteiger partial charge is 0.497 e. The van der Waals surface area contributed by atoms with Crippen LogP contribution in [0.1, 0.15) is 40.7 Å². The summed E-state index contributed by atoms with van der Waals surface area (Å²) in [6.45, 7) is 1.60. The zero-order chi connectivity index (χ0) is 27.1. The Balaban J connectivity index is 1.17. The fourth-order valence-corrected chi connectivity index (χ4v) is 5.56. The van der Waals surface area contributed by atoms with E-state index in [1.165, 1.54) is 24.3 Å². The minimum atomic E-state index is -4.61. The van der Waals surface area contributed by atoms with E-state index in [0.717, 1.165) is 23.5 Å². The van der Waals surface area contributed by atoms with Crippen LogP contribution in [0, 0.1) is 5.92 Å². The van der Waals surface area contributed by atoms with Gasteiger partial charge in [0.05, 0.1) is 20.3 Å². The van der Waals surface area contributed by atoms with Crippen molar-refractivity contribution in [2.75, 3.05) is 33.9 Å². The standard InChI is InChI=1S/C27H29F3N4O4/c1-37-21-10-11-23(38-2)18(14-21)4-3-5-24(35)34-13-12-19-15-33(16-22(19)34)25(36)17-6-8-20(9-7-17)26(31-32-26)27(28,29)30/h6-11,14,19,22H,3-5,12-13,15-16H2,1-2H3/t19-,22+/m0/s1. The van der Waals surface area contributed by atoms with Gasteiger partial charge >= 0.3 is 11.8 Å². The summed E-state index contributed by atoms with van der Waals surface area (Å²) in [7, 11) is 3.22. The molecule has 5 rings (SSSR count). The molecule has 202 valence electrons. The number of methoxy groups -OCH3 is 2. The molecule has 0 unspecified atom stereocenters. The number of hydrogen-bond donors (Lipinski definition) is 0. The van der Waals surface area contributed by atoms with Crippen LogP contribution in [0.3, 0.4) is 0 Å². The minimum absolute atomic E-state index is 0.0466. The Bertz CT molecular complexity index is 1240. The first-order valence-corrected chi connectivity index (χ1v) is 12.6. The molecule has 0 aliphatic carbocycles. The number of hydrogen-bond acceptors (Lipinski definition) is 6. The van der Waals surface area contributed by atoms with E-state index in [9.17, 15) is 22.8 Å². The van der Waals surface area contributed by atoms with Crippen LogP contribution in [-0.2, 0) is 16.9 Å². The Morgan fingerprint density at radius 1 is 1.05 bits per heavy atom. The van der Waals surface area contributed by atoms with Gasteiger partial charge in [-0.15, -0.1) is 10.2 Å². The highest BCUT2D eigenvalue weighted by Gasteiger charge is 2.65. The van der Waals surface area contributed by atoms with Crippen molar-refractivity contribution >= 4 is 11.8 Å². The number of aryl methyl sites for hydroxylation is 1. The molecule has 11 heteroatoms. The van der Waals surface area contributed by atoms with Gasteiger partial charge in [-0.1, -0.05) is 12.1 Å². The fraction of sp³-hybridized carbons (Fsp3) is 0.481. The molecule has 2 aromatic rings. The van der Waals surface area contributed by atoms with Crippen molar-refractivity contribution in [3.05, 3.63) is 59.2 Å². The third-order valence-corrected chi connectivity index (χ3v) is 7.71. The number of carbonyl (C=O) groups is 2. The van der Waals surface area contributed by atoms with E-state index in [1.54, 1.807) is 19.1 Å². The Hall–Kier alpha value is -3.63. The predicted octanol–water partition coefficient (Wildman–Crippen LogP) is 4.58. The predicted molar refractivity (Wildman–Crippen MR) is 131 cm³/mol. The number of carbonyl (C=O) groups excluding carboxylic acids is 2. The lowest BCUT2D eigenvalue weighted by Crippen LogP contribution is -2.40. The maximum absolute atomic E-state index is 13.2. The molecule has 0 radical (unpaired) electrons. The number of alkyl halides is 3. The van der Waals surface area contributed by atoms with Gasteiger partial charge in [0.15, 0.2) is 0 Å². The molecule has 0 saturated carbocycles. The molecular weight excluding hydrogens is 501 g/mol. The Morgan fingerprint density at radius 3 is 2.42 bits per heavy atom. The first-order valence-electron chi connectivity index (χ1n) is 12.6. The van der Waals surface area contributed by atoms with Crippen molar-refractivity contribution < 1.29 is 32.2 Å². The monoisotopic (exact) mass is 530 g/mol. The van der Waals surface area contributed by atoms with Crippen molar-refractivity contribution in [3.63, 3.8) is 0 Å². The van der Waals surface area contributed by atoms with Crippen LogP contribution in [0.5, 0.6) is 11.5 Å².